The predicted molar refractivity (Wildman–Crippen MR) is 117 cm³/mol. The Kier molecular flexibility index (Phi) is 6.27. The molecule has 7 nitrogen and oxygen atoms in total. The van der Waals surface area contributed by atoms with Crippen molar-refractivity contribution in [3.05, 3.63) is 59.4 Å². The highest BCUT2D eigenvalue weighted by atomic mass is 32.2. The number of anilines is 1. The number of carbonyl (C=O) groups is 1. The number of rotatable bonds is 6. The van der Waals surface area contributed by atoms with Crippen LogP contribution in [-0.4, -0.2) is 77.0 Å². The van der Waals surface area contributed by atoms with Gasteiger partial charge in [0, 0.05) is 51.4 Å². The Hall–Kier alpha value is -2.49. The molecule has 2 aliphatic rings. The Morgan fingerprint density at radius 1 is 1.06 bits per heavy atom. The third-order valence-electron chi connectivity index (χ3n) is 5.91. The Balaban J connectivity index is 1.45. The lowest BCUT2D eigenvalue weighted by Gasteiger charge is -2.32. The maximum Gasteiger partial charge on any atom is 0.267 e. The standard InChI is InChI=1S/C22H27FN4O3S/c1-25-12-14-26(15-13-25)11-9-24-22(28)18-7-6-17-8-10-27(20(17)16-18)31(29,30)21-5-3-2-4-19(21)23/h2-7,16H,8-15H2,1H3,(H,24,28). The molecule has 1 N–H and O–H groups in total. The van der Waals surface area contributed by atoms with Gasteiger partial charge in [-0.3, -0.25) is 14.0 Å². The highest BCUT2D eigenvalue weighted by Crippen LogP contribution is 2.34. The minimum Gasteiger partial charge on any atom is -0.351 e. The molecule has 1 saturated heterocycles. The molecule has 0 saturated carbocycles. The molecule has 0 atom stereocenters. The lowest BCUT2D eigenvalue weighted by atomic mass is 10.1. The highest BCUT2D eigenvalue weighted by molar-refractivity contribution is 7.92. The maximum atomic E-state index is 14.2. The second kappa shape index (κ2) is 8.94. The molecule has 0 aromatic heterocycles. The molecule has 4 rings (SSSR count). The molecule has 0 spiro atoms. The molecule has 2 aromatic carbocycles. The van der Waals surface area contributed by atoms with Crippen LogP contribution in [0.4, 0.5) is 10.1 Å². The summed E-state index contributed by atoms with van der Waals surface area (Å²) in [4.78, 5) is 16.9. The van der Waals surface area contributed by atoms with Crippen molar-refractivity contribution in [3.8, 4) is 0 Å². The number of fused-ring (bicyclic) bond motifs is 1. The molecule has 0 aliphatic carbocycles. The van der Waals surface area contributed by atoms with Gasteiger partial charge in [0.1, 0.15) is 10.7 Å². The molecule has 2 aliphatic heterocycles. The molecule has 2 aromatic rings. The molecule has 0 radical (unpaired) electrons. The van der Waals surface area contributed by atoms with Crippen LogP contribution in [0.1, 0.15) is 15.9 Å². The van der Waals surface area contributed by atoms with E-state index in [1.807, 2.05) is 0 Å². The predicted octanol–water partition coefficient (Wildman–Crippen LogP) is 1.55. The number of piperazine rings is 1. The summed E-state index contributed by atoms with van der Waals surface area (Å²) in [6.45, 7) is 5.52. The van der Waals surface area contributed by atoms with Crippen LogP contribution in [0.25, 0.3) is 0 Å². The van der Waals surface area contributed by atoms with Crippen LogP contribution in [0.3, 0.4) is 0 Å². The van der Waals surface area contributed by atoms with Crippen LogP contribution < -0.4 is 9.62 Å². The van der Waals surface area contributed by atoms with Crippen molar-refractivity contribution in [1.29, 1.82) is 0 Å². The van der Waals surface area contributed by atoms with Gasteiger partial charge in [-0.15, -0.1) is 0 Å². The quantitative estimate of drug-likeness (QED) is 0.729. The van der Waals surface area contributed by atoms with Gasteiger partial charge in [-0.05, 0) is 43.3 Å². The van der Waals surface area contributed by atoms with Crippen LogP contribution in [0, 0.1) is 5.82 Å². The Morgan fingerprint density at radius 2 is 1.81 bits per heavy atom. The summed E-state index contributed by atoms with van der Waals surface area (Å²) in [5, 5.41) is 2.92. The zero-order valence-corrected chi connectivity index (χ0v) is 18.4. The van der Waals surface area contributed by atoms with Gasteiger partial charge in [-0.25, -0.2) is 12.8 Å². The van der Waals surface area contributed by atoms with Crippen molar-refractivity contribution < 1.29 is 17.6 Å². The zero-order chi connectivity index (χ0) is 22.0. The number of benzene rings is 2. The van der Waals surface area contributed by atoms with E-state index < -0.39 is 15.8 Å². The van der Waals surface area contributed by atoms with E-state index in [4.69, 9.17) is 0 Å². The molecule has 0 bridgehead atoms. The summed E-state index contributed by atoms with van der Waals surface area (Å²) in [7, 11) is -1.95. The van der Waals surface area contributed by atoms with Crippen LogP contribution in [0.2, 0.25) is 0 Å². The van der Waals surface area contributed by atoms with Crippen molar-refractivity contribution >= 4 is 21.6 Å². The fourth-order valence-electron chi connectivity index (χ4n) is 4.01. The van der Waals surface area contributed by atoms with Gasteiger partial charge in [-0.2, -0.15) is 0 Å². The minimum atomic E-state index is -4.05. The van der Waals surface area contributed by atoms with Crippen LogP contribution in [0.15, 0.2) is 47.4 Å². The Labute approximate surface area is 182 Å². The first kappa shape index (κ1) is 21.7. The van der Waals surface area contributed by atoms with Gasteiger partial charge < -0.3 is 10.2 Å². The van der Waals surface area contributed by atoms with Crippen molar-refractivity contribution in [2.24, 2.45) is 0 Å². The van der Waals surface area contributed by atoms with Crippen LogP contribution in [0.5, 0.6) is 0 Å². The number of amides is 1. The number of sulfonamides is 1. The molecular formula is C22H27FN4O3S. The smallest absolute Gasteiger partial charge is 0.267 e. The lowest BCUT2D eigenvalue weighted by molar-refractivity contribution is 0.0941. The molecule has 31 heavy (non-hydrogen) atoms. The normalized spacial score (nSPS) is 17.5. The first-order valence-corrected chi connectivity index (χ1v) is 11.9. The topological polar surface area (TPSA) is 73.0 Å². The van der Waals surface area contributed by atoms with E-state index in [-0.39, 0.29) is 17.3 Å². The molecule has 9 heteroatoms. The number of halogens is 1. The number of likely N-dealkylation sites (N-methyl/N-ethyl adjacent to an activating group) is 1. The van der Waals surface area contributed by atoms with E-state index in [2.05, 4.69) is 22.2 Å². The molecule has 0 unspecified atom stereocenters. The summed E-state index contributed by atoms with van der Waals surface area (Å²) < 4.78 is 41.4. The largest absolute Gasteiger partial charge is 0.351 e. The summed E-state index contributed by atoms with van der Waals surface area (Å²) >= 11 is 0. The summed E-state index contributed by atoms with van der Waals surface area (Å²) in [6, 6.07) is 10.4. The Bertz CT molecular complexity index is 1070. The summed E-state index contributed by atoms with van der Waals surface area (Å²) in [5.74, 6) is -1.03. The van der Waals surface area contributed by atoms with Gasteiger partial charge in [0.15, 0.2) is 0 Å². The maximum absolute atomic E-state index is 14.2. The van der Waals surface area contributed by atoms with E-state index in [0.29, 0.717) is 24.2 Å². The zero-order valence-electron chi connectivity index (χ0n) is 17.6. The highest BCUT2D eigenvalue weighted by Gasteiger charge is 2.33. The van der Waals surface area contributed by atoms with Crippen LogP contribution >= 0.6 is 0 Å². The summed E-state index contributed by atoms with van der Waals surface area (Å²) in [5.41, 5.74) is 1.66. The van der Waals surface area contributed by atoms with Gasteiger partial charge in [0.25, 0.3) is 15.9 Å². The van der Waals surface area contributed by atoms with E-state index in [1.165, 1.54) is 22.5 Å². The van der Waals surface area contributed by atoms with Crippen molar-refractivity contribution in [3.63, 3.8) is 0 Å². The third-order valence-corrected chi connectivity index (χ3v) is 7.76. The number of hydrogen-bond acceptors (Lipinski definition) is 5. The number of nitrogens with one attached hydrogen (secondary N) is 1. The second-order valence-electron chi connectivity index (χ2n) is 8.00. The first-order chi connectivity index (χ1) is 14.9. The number of hydrogen-bond donors (Lipinski definition) is 1. The monoisotopic (exact) mass is 446 g/mol. The van der Waals surface area contributed by atoms with Gasteiger partial charge in [0.2, 0.25) is 0 Å². The first-order valence-electron chi connectivity index (χ1n) is 10.5. The van der Waals surface area contributed by atoms with E-state index in [9.17, 15) is 17.6 Å². The van der Waals surface area contributed by atoms with Gasteiger partial charge in [-0.1, -0.05) is 18.2 Å². The fourth-order valence-corrected chi connectivity index (χ4v) is 5.58. The Morgan fingerprint density at radius 3 is 2.55 bits per heavy atom. The third kappa shape index (κ3) is 4.58. The van der Waals surface area contributed by atoms with Crippen molar-refractivity contribution in [1.82, 2.24) is 15.1 Å². The van der Waals surface area contributed by atoms with Crippen molar-refractivity contribution in [2.45, 2.75) is 11.3 Å². The molecule has 2 heterocycles. The minimum absolute atomic E-state index is 0.223. The van der Waals surface area contributed by atoms with E-state index in [1.54, 1.807) is 18.2 Å². The molecular weight excluding hydrogens is 419 g/mol. The van der Waals surface area contributed by atoms with Crippen LogP contribution in [-0.2, 0) is 16.4 Å². The fraction of sp³-hybridized carbons (Fsp3) is 0.409. The number of nitrogens with zero attached hydrogens (tertiary/aromatic N) is 3. The molecule has 1 fully saturated rings. The molecule has 166 valence electrons. The van der Waals surface area contributed by atoms with Gasteiger partial charge >= 0.3 is 0 Å². The average Bonchev–Trinajstić information content (AvgIpc) is 3.19. The SMILES string of the molecule is CN1CCN(CCNC(=O)c2ccc3c(c2)N(S(=O)(=O)c2ccccc2F)CC3)CC1. The van der Waals surface area contributed by atoms with E-state index >= 15 is 0 Å². The second-order valence-corrected chi connectivity index (χ2v) is 9.83. The average molecular weight is 447 g/mol. The molecule has 1 amide bonds. The summed E-state index contributed by atoms with van der Waals surface area (Å²) in [6.07, 6.45) is 0.522. The lowest BCUT2D eigenvalue weighted by Crippen LogP contribution is -2.46. The van der Waals surface area contributed by atoms with Crippen molar-refractivity contribution in [2.75, 3.05) is 57.2 Å². The van der Waals surface area contributed by atoms with Gasteiger partial charge in [0.05, 0.1) is 5.69 Å². The number of carbonyl (C=O) groups excluding carboxylic acids is 1. The van der Waals surface area contributed by atoms with E-state index in [0.717, 1.165) is 44.4 Å².